The van der Waals surface area contributed by atoms with Gasteiger partial charge in [0, 0.05) is 0 Å². The van der Waals surface area contributed by atoms with Crippen LogP contribution in [0, 0.1) is 6.92 Å². The van der Waals surface area contributed by atoms with Crippen LogP contribution < -0.4 is 10.3 Å². The largest absolute Gasteiger partial charge is 0.512 e. The van der Waals surface area contributed by atoms with Gasteiger partial charge in [0.15, 0.2) is 0 Å². The molecule has 0 atom stereocenters. The van der Waals surface area contributed by atoms with E-state index in [9.17, 15) is 9.59 Å². The molecule has 88 valence electrons. The lowest BCUT2D eigenvalue weighted by atomic mass is 10.2. The zero-order chi connectivity index (χ0) is 12.4. The molecule has 0 aliphatic heterocycles. The Morgan fingerprint density at radius 1 is 1.41 bits per heavy atom. The van der Waals surface area contributed by atoms with Crippen molar-refractivity contribution >= 4 is 6.16 Å². The highest BCUT2D eigenvalue weighted by molar-refractivity contribution is 5.60. The Labute approximate surface area is 96.1 Å². The Morgan fingerprint density at radius 2 is 2.12 bits per heavy atom. The predicted molar refractivity (Wildman–Crippen MR) is 59.8 cm³/mol. The third kappa shape index (κ3) is 2.20. The van der Waals surface area contributed by atoms with Gasteiger partial charge in [0.05, 0.1) is 11.8 Å². The minimum absolute atomic E-state index is 0.106. The summed E-state index contributed by atoms with van der Waals surface area (Å²) in [6.07, 6.45) is -1.47. The number of ether oxygens (including phenoxy) is 1. The van der Waals surface area contributed by atoms with Gasteiger partial charge in [0.2, 0.25) is 5.88 Å². The third-order valence-corrected chi connectivity index (χ3v) is 2.25. The number of aryl methyl sites for hydroxylation is 1. The Kier molecular flexibility index (Phi) is 2.70. The van der Waals surface area contributed by atoms with E-state index in [2.05, 4.69) is 9.84 Å². The zero-order valence-electron chi connectivity index (χ0n) is 9.01. The van der Waals surface area contributed by atoms with Crippen LogP contribution in [0.25, 0.3) is 5.69 Å². The Bertz CT molecular complexity index is 612. The van der Waals surface area contributed by atoms with Crippen molar-refractivity contribution in [3.05, 3.63) is 46.2 Å². The molecule has 0 aliphatic carbocycles. The molecule has 1 aromatic heterocycles. The molecule has 17 heavy (non-hydrogen) atoms. The monoisotopic (exact) mass is 234 g/mol. The fourth-order valence-corrected chi connectivity index (χ4v) is 1.51. The highest BCUT2D eigenvalue weighted by Gasteiger charge is 2.09. The van der Waals surface area contributed by atoms with Gasteiger partial charge in [-0.15, -0.1) is 0 Å². The van der Waals surface area contributed by atoms with Crippen LogP contribution in [0.4, 0.5) is 4.79 Å². The van der Waals surface area contributed by atoms with E-state index in [1.165, 1.54) is 4.68 Å². The Balaban J connectivity index is 2.47. The summed E-state index contributed by atoms with van der Waals surface area (Å²) in [5, 5.41) is 11.0. The molecule has 2 aromatic rings. The van der Waals surface area contributed by atoms with Crippen LogP contribution in [0.5, 0.6) is 5.88 Å². The van der Waals surface area contributed by atoms with Gasteiger partial charge in [-0.1, -0.05) is 18.2 Å². The molecule has 1 heterocycles. The number of H-pyrrole nitrogens is 1. The zero-order valence-corrected chi connectivity index (χ0v) is 9.01. The molecule has 0 unspecified atom stereocenters. The Morgan fingerprint density at radius 3 is 2.76 bits per heavy atom. The minimum atomic E-state index is -1.47. The molecule has 0 bridgehead atoms. The van der Waals surface area contributed by atoms with Crippen LogP contribution >= 0.6 is 0 Å². The third-order valence-electron chi connectivity index (χ3n) is 2.25. The normalized spacial score (nSPS) is 10.2. The average molecular weight is 234 g/mol. The number of para-hydroxylation sites is 1. The Hall–Kier alpha value is -2.50. The lowest BCUT2D eigenvalue weighted by Crippen LogP contribution is -2.14. The van der Waals surface area contributed by atoms with Gasteiger partial charge in [-0.2, -0.15) is 0 Å². The van der Waals surface area contributed by atoms with Crippen LogP contribution in [-0.2, 0) is 0 Å². The number of hydrogen-bond donors (Lipinski definition) is 2. The lowest BCUT2D eigenvalue weighted by Gasteiger charge is -2.04. The molecule has 0 saturated carbocycles. The molecule has 6 heteroatoms. The minimum Gasteiger partial charge on any atom is -0.449 e. The molecular formula is C11H10N2O4. The van der Waals surface area contributed by atoms with Gasteiger partial charge < -0.3 is 9.84 Å². The molecule has 1 aromatic carbocycles. The first-order chi connectivity index (χ1) is 8.08. The van der Waals surface area contributed by atoms with Crippen molar-refractivity contribution in [1.82, 2.24) is 9.78 Å². The van der Waals surface area contributed by atoms with E-state index in [1.807, 2.05) is 19.1 Å². The van der Waals surface area contributed by atoms with E-state index in [1.54, 1.807) is 12.1 Å². The van der Waals surface area contributed by atoms with Gasteiger partial charge >= 0.3 is 6.16 Å². The molecule has 0 fully saturated rings. The quantitative estimate of drug-likeness (QED) is 0.772. The van der Waals surface area contributed by atoms with Crippen molar-refractivity contribution < 1.29 is 14.6 Å². The fourth-order valence-electron chi connectivity index (χ4n) is 1.51. The van der Waals surface area contributed by atoms with E-state index in [4.69, 9.17) is 5.11 Å². The first kappa shape index (κ1) is 11.0. The smallest absolute Gasteiger partial charge is 0.449 e. The molecule has 2 rings (SSSR count). The highest BCUT2D eigenvalue weighted by atomic mass is 16.7. The second-order valence-electron chi connectivity index (χ2n) is 3.45. The van der Waals surface area contributed by atoms with Crippen LogP contribution in [0.1, 0.15) is 5.56 Å². The van der Waals surface area contributed by atoms with Gasteiger partial charge in [0.1, 0.15) is 0 Å². The molecule has 2 N–H and O–H groups in total. The van der Waals surface area contributed by atoms with Gasteiger partial charge in [-0.25, -0.2) is 9.48 Å². The van der Waals surface area contributed by atoms with E-state index < -0.39 is 6.16 Å². The summed E-state index contributed by atoms with van der Waals surface area (Å²) in [5.74, 6) is -0.106. The van der Waals surface area contributed by atoms with Crippen LogP contribution in [0.3, 0.4) is 0 Å². The van der Waals surface area contributed by atoms with Crippen molar-refractivity contribution in [2.45, 2.75) is 6.92 Å². The summed E-state index contributed by atoms with van der Waals surface area (Å²) in [6.45, 7) is 1.85. The number of aromatic amines is 1. The van der Waals surface area contributed by atoms with Gasteiger partial charge in [-0.05, 0) is 18.6 Å². The second-order valence-corrected chi connectivity index (χ2v) is 3.45. The summed E-state index contributed by atoms with van der Waals surface area (Å²) in [7, 11) is 0. The molecule has 0 radical (unpaired) electrons. The number of hydrogen-bond acceptors (Lipinski definition) is 3. The predicted octanol–water partition coefficient (Wildman–Crippen LogP) is 1.53. The number of carbonyl (C=O) groups is 1. The molecule has 0 amide bonds. The van der Waals surface area contributed by atoms with E-state index in [0.29, 0.717) is 5.69 Å². The van der Waals surface area contributed by atoms with E-state index in [0.717, 1.165) is 11.6 Å². The average Bonchev–Trinajstić information content (AvgIpc) is 2.59. The summed E-state index contributed by atoms with van der Waals surface area (Å²) in [4.78, 5) is 22.0. The van der Waals surface area contributed by atoms with Crippen LogP contribution in [-0.4, -0.2) is 21.0 Å². The van der Waals surface area contributed by atoms with Crippen LogP contribution in [0.2, 0.25) is 0 Å². The standard InChI is InChI=1S/C11H10N2O4/c1-7-4-2-3-5-8(7)13-10(14)6-9(12-13)17-11(15)16/h2-6,12H,1H3,(H,15,16). The van der Waals surface area contributed by atoms with Crippen molar-refractivity contribution in [3.8, 4) is 11.6 Å². The second kappa shape index (κ2) is 4.17. The van der Waals surface area contributed by atoms with Crippen molar-refractivity contribution in [1.29, 1.82) is 0 Å². The summed E-state index contributed by atoms with van der Waals surface area (Å²) < 4.78 is 5.61. The topological polar surface area (TPSA) is 84.3 Å². The molecule has 6 nitrogen and oxygen atoms in total. The lowest BCUT2D eigenvalue weighted by molar-refractivity contribution is 0.142. The van der Waals surface area contributed by atoms with Crippen LogP contribution in [0.15, 0.2) is 35.1 Å². The van der Waals surface area contributed by atoms with E-state index >= 15 is 0 Å². The molecule has 0 aliphatic rings. The van der Waals surface area contributed by atoms with Crippen molar-refractivity contribution in [3.63, 3.8) is 0 Å². The maximum absolute atomic E-state index is 11.6. The summed E-state index contributed by atoms with van der Waals surface area (Å²) in [6, 6.07) is 8.31. The number of rotatable bonds is 2. The highest BCUT2D eigenvalue weighted by Crippen LogP contribution is 2.12. The molecule has 0 spiro atoms. The number of nitrogens with one attached hydrogen (secondary N) is 1. The summed E-state index contributed by atoms with van der Waals surface area (Å²) in [5.41, 5.74) is 1.16. The first-order valence-electron chi connectivity index (χ1n) is 4.87. The first-order valence-corrected chi connectivity index (χ1v) is 4.87. The molecular weight excluding hydrogens is 224 g/mol. The maximum atomic E-state index is 11.6. The fraction of sp³-hybridized carbons (Fsp3) is 0.0909. The van der Waals surface area contributed by atoms with Crippen molar-refractivity contribution in [2.24, 2.45) is 0 Å². The van der Waals surface area contributed by atoms with Gasteiger partial charge in [-0.3, -0.25) is 9.89 Å². The number of aromatic nitrogens is 2. The van der Waals surface area contributed by atoms with Gasteiger partial charge in [0.25, 0.3) is 5.56 Å². The number of benzene rings is 1. The van der Waals surface area contributed by atoms with Crippen molar-refractivity contribution in [2.75, 3.05) is 0 Å². The number of nitrogens with zero attached hydrogens (tertiary/aromatic N) is 1. The number of carboxylic acid groups (broad SMARTS) is 1. The van der Waals surface area contributed by atoms with E-state index in [-0.39, 0.29) is 11.4 Å². The maximum Gasteiger partial charge on any atom is 0.512 e. The molecule has 0 saturated heterocycles. The summed E-state index contributed by atoms with van der Waals surface area (Å²) >= 11 is 0. The SMILES string of the molecule is Cc1ccccc1-n1[nH]c(OC(=O)O)cc1=O.